The van der Waals surface area contributed by atoms with Gasteiger partial charge in [-0.3, -0.25) is 9.98 Å². The zero-order chi connectivity index (χ0) is 29.0. The van der Waals surface area contributed by atoms with E-state index in [1.165, 1.54) is 28.2 Å². The predicted octanol–water partition coefficient (Wildman–Crippen LogP) is 9.54. The number of aliphatic imine (C=N–C) groups is 2. The summed E-state index contributed by atoms with van der Waals surface area (Å²) in [6.07, 6.45) is 12.0. The predicted molar refractivity (Wildman–Crippen MR) is 172 cm³/mol. The summed E-state index contributed by atoms with van der Waals surface area (Å²) in [5.41, 5.74) is 6.70. The van der Waals surface area contributed by atoms with Gasteiger partial charge in [-0.2, -0.15) is 0 Å². The van der Waals surface area contributed by atoms with Crippen molar-refractivity contribution < 1.29 is 0 Å². The highest BCUT2D eigenvalue weighted by Gasteiger charge is 2.09. The molecule has 0 saturated carbocycles. The Morgan fingerprint density at radius 1 is 0.744 bits per heavy atom. The first-order valence-corrected chi connectivity index (χ1v) is 14.2. The van der Waals surface area contributed by atoms with Crippen molar-refractivity contribution in [2.45, 2.75) is 121 Å². The van der Waals surface area contributed by atoms with Gasteiger partial charge in [0, 0.05) is 73.9 Å². The number of imidazole rings is 2. The summed E-state index contributed by atoms with van der Waals surface area (Å²) < 4.78 is 2.13. The minimum absolute atomic E-state index is 0. The standard InChI is InChI=1S/C9H16N2.C8H14N2.C8H13N.C7H11N.CH4/c1-6(2)8-5-10-9(11-8)7(3)4;1-6(2)8-5-9-7(3)10(8)4;1-6(2)8-4-7(3)9-5-8;1-6(2)7-3-4-8-5-7;/h5-7H,1-4H3,(H,10,11);5-6H,1-4H3;5-6H,4H2,1-3H3;4-6H,3H2,1-2H3;1H4. The van der Waals surface area contributed by atoms with E-state index in [4.69, 9.17) is 0 Å². The van der Waals surface area contributed by atoms with Crippen LogP contribution in [0.1, 0.15) is 137 Å². The zero-order valence-corrected chi connectivity index (χ0v) is 26.4. The summed E-state index contributed by atoms with van der Waals surface area (Å²) in [4.78, 5) is 20.0. The van der Waals surface area contributed by atoms with Gasteiger partial charge in [0.25, 0.3) is 0 Å². The van der Waals surface area contributed by atoms with Gasteiger partial charge in [0.2, 0.25) is 0 Å². The third-order valence-corrected chi connectivity index (χ3v) is 6.70. The maximum atomic E-state index is 4.28. The summed E-state index contributed by atoms with van der Waals surface area (Å²) in [5, 5.41) is 0. The molecule has 2 aromatic rings. The molecule has 6 nitrogen and oxygen atoms in total. The topological polar surface area (TPSA) is 71.2 Å². The van der Waals surface area contributed by atoms with Crippen molar-refractivity contribution >= 4 is 11.9 Å². The summed E-state index contributed by atoms with van der Waals surface area (Å²) in [6, 6.07) is 0. The van der Waals surface area contributed by atoms with Crippen LogP contribution in [0.3, 0.4) is 0 Å². The van der Waals surface area contributed by atoms with Crippen molar-refractivity contribution in [3.63, 3.8) is 0 Å². The van der Waals surface area contributed by atoms with E-state index in [1.54, 1.807) is 0 Å². The summed E-state index contributed by atoms with van der Waals surface area (Å²) in [5.74, 6) is 5.16. The molecule has 39 heavy (non-hydrogen) atoms. The number of nitrogens with zero attached hydrogens (tertiary/aromatic N) is 5. The molecule has 1 N–H and O–H groups in total. The van der Waals surface area contributed by atoms with Crippen molar-refractivity contribution in [2.75, 3.05) is 0 Å². The van der Waals surface area contributed by atoms with Gasteiger partial charge in [-0.15, -0.1) is 0 Å². The molecular formula is C33H58N6. The molecular weight excluding hydrogens is 480 g/mol. The molecule has 6 heteroatoms. The van der Waals surface area contributed by atoms with E-state index in [-0.39, 0.29) is 7.43 Å². The summed E-state index contributed by atoms with van der Waals surface area (Å²) in [7, 11) is 2.05. The number of hydrogen-bond acceptors (Lipinski definition) is 4. The lowest BCUT2D eigenvalue weighted by Crippen LogP contribution is -1.99. The molecule has 0 spiro atoms. The molecule has 0 bridgehead atoms. The van der Waals surface area contributed by atoms with Crippen molar-refractivity contribution in [1.29, 1.82) is 0 Å². The number of nitrogens with one attached hydrogen (secondary N) is 1. The second-order valence-electron chi connectivity index (χ2n) is 11.8. The monoisotopic (exact) mass is 538 g/mol. The van der Waals surface area contributed by atoms with E-state index in [0.717, 1.165) is 24.5 Å². The normalized spacial score (nSPS) is 13.8. The van der Waals surface area contributed by atoms with E-state index in [1.807, 2.05) is 37.9 Å². The molecule has 0 atom stereocenters. The Morgan fingerprint density at radius 3 is 1.59 bits per heavy atom. The first-order valence-electron chi connectivity index (χ1n) is 14.2. The van der Waals surface area contributed by atoms with Crippen LogP contribution in [0, 0.1) is 18.8 Å². The Balaban J connectivity index is 0.000000492. The molecule has 0 radical (unpaired) electrons. The number of aromatic amines is 1. The molecule has 0 fully saturated rings. The highest BCUT2D eigenvalue weighted by Crippen LogP contribution is 2.19. The third-order valence-electron chi connectivity index (χ3n) is 6.70. The van der Waals surface area contributed by atoms with Crippen molar-refractivity contribution in [3.8, 4) is 0 Å². The number of rotatable bonds is 5. The van der Waals surface area contributed by atoms with E-state index >= 15 is 0 Å². The molecule has 4 heterocycles. The summed E-state index contributed by atoms with van der Waals surface area (Å²) >= 11 is 0. The van der Waals surface area contributed by atoms with E-state index in [0.29, 0.717) is 29.6 Å². The highest BCUT2D eigenvalue weighted by molar-refractivity contribution is 5.86. The minimum atomic E-state index is 0. The van der Waals surface area contributed by atoms with Crippen molar-refractivity contribution in [1.82, 2.24) is 19.5 Å². The van der Waals surface area contributed by atoms with Gasteiger partial charge in [-0.1, -0.05) is 76.7 Å². The number of H-pyrrole nitrogens is 1. The van der Waals surface area contributed by atoms with E-state index in [2.05, 4.69) is 113 Å². The molecule has 2 aromatic heterocycles. The van der Waals surface area contributed by atoms with Gasteiger partial charge in [0.1, 0.15) is 11.6 Å². The largest absolute Gasteiger partial charge is 0.345 e. The van der Waals surface area contributed by atoms with Crippen LogP contribution in [-0.4, -0.2) is 31.4 Å². The van der Waals surface area contributed by atoms with Crippen molar-refractivity contribution in [3.05, 3.63) is 59.0 Å². The second kappa shape index (κ2) is 17.8. The fourth-order valence-corrected chi connectivity index (χ4v) is 3.67. The van der Waals surface area contributed by atoms with E-state index in [9.17, 15) is 0 Å². The highest BCUT2D eigenvalue weighted by atomic mass is 15.1. The Hall–Kier alpha value is -2.76. The number of aromatic nitrogens is 4. The molecule has 0 saturated heterocycles. The van der Waals surface area contributed by atoms with Gasteiger partial charge >= 0.3 is 0 Å². The Kier molecular flexibility index (Phi) is 16.5. The second-order valence-corrected chi connectivity index (χ2v) is 11.8. The number of allylic oxidation sites excluding steroid dienone is 2. The fourth-order valence-electron chi connectivity index (χ4n) is 3.67. The van der Waals surface area contributed by atoms with Gasteiger partial charge < -0.3 is 9.55 Å². The third kappa shape index (κ3) is 12.8. The average molecular weight is 539 g/mol. The number of aryl methyl sites for hydroxylation is 1. The van der Waals surface area contributed by atoms with Gasteiger partial charge in [-0.05, 0) is 48.7 Å². The van der Waals surface area contributed by atoms with Gasteiger partial charge in [0.05, 0.1) is 0 Å². The molecule has 220 valence electrons. The Labute approximate surface area is 240 Å². The summed E-state index contributed by atoms with van der Waals surface area (Å²) in [6.45, 7) is 25.9. The number of hydrogen-bond donors (Lipinski definition) is 1. The first kappa shape index (κ1) is 36.2. The smallest absolute Gasteiger partial charge is 0.108 e. The molecule has 0 aliphatic carbocycles. The lowest BCUT2D eigenvalue weighted by Gasteiger charge is -2.05. The molecule has 2 aliphatic rings. The quantitative estimate of drug-likeness (QED) is 0.411. The zero-order valence-electron chi connectivity index (χ0n) is 26.4. The first-order chi connectivity index (χ1) is 17.7. The lowest BCUT2D eigenvalue weighted by molar-refractivity contribution is 0.724. The SMILES string of the molecule is C.CC(C)C1=CN=CC1.CC(C)c1cnc(C(C)C)[nH]1.CC1=NC=C(C(C)C)C1.Cc1ncc(C(C)C)n1C. The molecule has 2 aliphatic heterocycles. The molecule has 0 amide bonds. The fraction of sp³-hybridized carbons (Fsp3) is 0.636. The molecule has 4 rings (SSSR count). The minimum Gasteiger partial charge on any atom is -0.345 e. The van der Waals surface area contributed by atoms with Crippen LogP contribution in [0.25, 0.3) is 0 Å². The molecule has 0 aromatic carbocycles. The Morgan fingerprint density at radius 2 is 1.36 bits per heavy atom. The van der Waals surface area contributed by atoms with Gasteiger partial charge in [0.15, 0.2) is 0 Å². The van der Waals surface area contributed by atoms with Crippen LogP contribution in [0.2, 0.25) is 0 Å². The van der Waals surface area contributed by atoms with Gasteiger partial charge in [-0.25, -0.2) is 9.97 Å². The lowest BCUT2D eigenvalue weighted by atomic mass is 10.0. The van der Waals surface area contributed by atoms with Crippen LogP contribution in [0.15, 0.2) is 45.9 Å². The maximum Gasteiger partial charge on any atom is 0.108 e. The van der Waals surface area contributed by atoms with E-state index < -0.39 is 0 Å². The van der Waals surface area contributed by atoms with Crippen LogP contribution in [0.5, 0.6) is 0 Å². The van der Waals surface area contributed by atoms with Crippen LogP contribution in [0.4, 0.5) is 0 Å². The average Bonchev–Trinajstić information content (AvgIpc) is 3.64. The molecule has 0 unspecified atom stereocenters. The van der Waals surface area contributed by atoms with Crippen molar-refractivity contribution in [2.24, 2.45) is 28.9 Å². The van der Waals surface area contributed by atoms with Crippen LogP contribution in [-0.2, 0) is 7.05 Å². The maximum absolute atomic E-state index is 4.28. The van der Waals surface area contributed by atoms with Crippen LogP contribution < -0.4 is 0 Å². The van der Waals surface area contributed by atoms with Crippen LogP contribution >= 0.6 is 0 Å². The Bertz CT molecular complexity index is 1060.